The van der Waals surface area contributed by atoms with E-state index in [-0.39, 0.29) is 11.8 Å². The van der Waals surface area contributed by atoms with Gasteiger partial charge < -0.3 is 9.72 Å². The molecule has 3 nitrogen and oxygen atoms in total. The van der Waals surface area contributed by atoms with Gasteiger partial charge in [-0.05, 0) is 25.1 Å². The van der Waals surface area contributed by atoms with E-state index in [0.717, 1.165) is 17.8 Å². The van der Waals surface area contributed by atoms with Crippen LogP contribution in [-0.2, 0) is 6.18 Å². The van der Waals surface area contributed by atoms with Gasteiger partial charge in [-0.1, -0.05) is 6.07 Å². The Balaban J connectivity index is 2.22. The van der Waals surface area contributed by atoms with Crippen molar-refractivity contribution in [3.63, 3.8) is 0 Å². The highest BCUT2D eigenvalue weighted by molar-refractivity contribution is 5.32. The van der Waals surface area contributed by atoms with E-state index in [4.69, 9.17) is 4.74 Å². The first-order valence-electron chi connectivity index (χ1n) is 4.82. The second-order valence-corrected chi connectivity index (χ2v) is 3.50. The van der Waals surface area contributed by atoms with Gasteiger partial charge in [-0.3, -0.25) is 0 Å². The van der Waals surface area contributed by atoms with Crippen LogP contribution in [0.25, 0.3) is 0 Å². The summed E-state index contributed by atoms with van der Waals surface area (Å²) >= 11 is 0. The van der Waals surface area contributed by atoms with Crippen molar-refractivity contribution in [1.82, 2.24) is 9.97 Å². The molecule has 0 bridgehead atoms. The van der Waals surface area contributed by atoms with E-state index < -0.39 is 11.7 Å². The fraction of sp³-hybridized carbons (Fsp3) is 0.182. The number of benzene rings is 1. The summed E-state index contributed by atoms with van der Waals surface area (Å²) in [5, 5.41) is 0. The number of alkyl halides is 3. The van der Waals surface area contributed by atoms with Crippen molar-refractivity contribution in [2.45, 2.75) is 13.1 Å². The van der Waals surface area contributed by atoms with Crippen LogP contribution in [0.5, 0.6) is 11.8 Å². The standard InChI is InChI=1S/C11H9F3N2O/c1-7-6-15-10(16-7)17-9-4-2-3-8(5-9)11(12,13)14/h2-6H,1H3,(H,15,16). The molecule has 0 unspecified atom stereocenters. The highest BCUT2D eigenvalue weighted by Gasteiger charge is 2.30. The molecule has 2 aromatic rings. The maximum Gasteiger partial charge on any atom is 0.416 e. The van der Waals surface area contributed by atoms with Crippen LogP contribution in [-0.4, -0.2) is 9.97 Å². The molecule has 1 aromatic heterocycles. The average Bonchev–Trinajstić information content (AvgIpc) is 2.63. The quantitative estimate of drug-likeness (QED) is 0.874. The van der Waals surface area contributed by atoms with Gasteiger partial charge >= 0.3 is 6.18 Å². The molecule has 17 heavy (non-hydrogen) atoms. The zero-order valence-electron chi connectivity index (χ0n) is 8.88. The van der Waals surface area contributed by atoms with Crippen molar-refractivity contribution in [2.75, 3.05) is 0 Å². The number of aromatic nitrogens is 2. The molecule has 0 atom stereocenters. The van der Waals surface area contributed by atoms with E-state index >= 15 is 0 Å². The average molecular weight is 242 g/mol. The van der Waals surface area contributed by atoms with Gasteiger partial charge in [-0.2, -0.15) is 13.2 Å². The maximum atomic E-state index is 12.4. The van der Waals surface area contributed by atoms with Crippen molar-refractivity contribution in [1.29, 1.82) is 0 Å². The summed E-state index contributed by atoms with van der Waals surface area (Å²) in [6, 6.07) is 4.81. The largest absolute Gasteiger partial charge is 0.426 e. The molecule has 1 heterocycles. The number of nitrogens with zero attached hydrogens (tertiary/aromatic N) is 1. The van der Waals surface area contributed by atoms with Gasteiger partial charge in [0.25, 0.3) is 6.01 Å². The Kier molecular flexibility index (Phi) is 2.79. The molecular weight excluding hydrogens is 233 g/mol. The molecule has 1 N–H and O–H groups in total. The smallest absolute Gasteiger partial charge is 0.416 e. The Morgan fingerprint density at radius 1 is 1.29 bits per heavy atom. The van der Waals surface area contributed by atoms with Gasteiger partial charge in [0.2, 0.25) is 0 Å². The molecule has 6 heteroatoms. The zero-order valence-corrected chi connectivity index (χ0v) is 8.88. The predicted molar refractivity (Wildman–Crippen MR) is 54.8 cm³/mol. The number of imidazole rings is 1. The van der Waals surface area contributed by atoms with Gasteiger partial charge in [-0.15, -0.1) is 0 Å². The van der Waals surface area contributed by atoms with Crippen LogP contribution in [0.2, 0.25) is 0 Å². The van der Waals surface area contributed by atoms with Crippen LogP contribution in [0.3, 0.4) is 0 Å². The second-order valence-electron chi connectivity index (χ2n) is 3.50. The summed E-state index contributed by atoms with van der Waals surface area (Å²) in [5.41, 5.74) is 0.0188. The number of halogens is 3. The lowest BCUT2D eigenvalue weighted by Crippen LogP contribution is -2.04. The highest BCUT2D eigenvalue weighted by Crippen LogP contribution is 2.32. The Morgan fingerprint density at radius 3 is 2.65 bits per heavy atom. The zero-order chi connectivity index (χ0) is 12.5. The molecule has 90 valence electrons. The van der Waals surface area contributed by atoms with Gasteiger partial charge in [0, 0.05) is 5.69 Å². The van der Waals surface area contributed by atoms with E-state index in [2.05, 4.69) is 9.97 Å². The lowest BCUT2D eigenvalue weighted by molar-refractivity contribution is -0.137. The minimum absolute atomic E-state index is 0.0918. The number of aromatic amines is 1. The molecule has 2 rings (SSSR count). The van der Waals surface area contributed by atoms with Crippen LogP contribution in [0, 0.1) is 6.92 Å². The normalized spacial score (nSPS) is 11.5. The molecule has 0 saturated carbocycles. The fourth-order valence-electron chi connectivity index (χ4n) is 1.29. The third-order valence-corrected chi connectivity index (χ3v) is 2.06. The van der Waals surface area contributed by atoms with Crippen LogP contribution in [0.15, 0.2) is 30.5 Å². The number of nitrogens with one attached hydrogen (secondary N) is 1. The summed E-state index contributed by atoms with van der Waals surface area (Å²) < 4.78 is 42.5. The Labute approximate surface area is 95.3 Å². The number of ether oxygens (including phenoxy) is 1. The maximum absolute atomic E-state index is 12.4. The van der Waals surface area contributed by atoms with Gasteiger partial charge in [0.15, 0.2) is 0 Å². The van der Waals surface area contributed by atoms with E-state index in [9.17, 15) is 13.2 Å². The highest BCUT2D eigenvalue weighted by atomic mass is 19.4. The molecule has 1 aromatic carbocycles. The topological polar surface area (TPSA) is 37.9 Å². The molecule has 0 aliphatic heterocycles. The van der Waals surface area contributed by atoms with Gasteiger partial charge in [0.1, 0.15) is 5.75 Å². The van der Waals surface area contributed by atoms with Gasteiger partial charge in [0.05, 0.1) is 11.8 Å². The Morgan fingerprint density at radius 2 is 2.06 bits per heavy atom. The molecule has 0 aliphatic rings. The van der Waals surface area contributed by atoms with Crippen LogP contribution < -0.4 is 4.74 Å². The first kappa shape index (κ1) is 11.5. The molecule has 0 saturated heterocycles. The fourth-order valence-corrected chi connectivity index (χ4v) is 1.29. The minimum atomic E-state index is -4.38. The van der Waals surface area contributed by atoms with Crippen molar-refractivity contribution < 1.29 is 17.9 Å². The predicted octanol–water partition coefficient (Wildman–Crippen LogP) is 3.53. The van der Waals surface area contributed by atoms with E-state index in [1.54, 1.807) is 6.92 Å². The van der Waals surface area contributed by atoms with Crippen molar-refractivity contribution in [2.24, 2.45) is 0 Å². The number of hydrogen-bond donors (Lipinski definition) is 1. The summed E-state index contributed by atoms with van der Waals surface area (Å²) in [4.78, 5) is 6.61. The summed E-state index contributed by atoms with van der Waals surface area (Å²) in [6.45, 7) is 1.77. The SMILES string of the molecule is Cc1cnc(Oc2cccc(C(F)(F)F)c2)[nH]1. The number of hydrogen-bond acceptors (Lipinski definition) is 2. The monoisotopic (exact) mass is 242 g/mol. The minimum Gasteiger partial charge on any atom is -0.426 e. The van der Waals surface area contributed by atoms with Gasteiger partial charge in [-0.25, -0.2) is 4.98 Å². The first-order valence-corrected chi connectivity index (χ1v) is 4.82. The summed E-state index contributed by atoms with van der Waals surface area (Å²) in [6.07, 6.45) is -2.85. The molecule has 0 fully saturated rings. The summed E-state index contributed by atoms with van der Waals surface area (Å²) in [7, 11) is 0. The third kappa shape index (κ3) is 2.77. The molecule has 0 aliphatic carbocycles. The van der Waals surface area contributed by atoms with Crippen LogP contribution >= 0.6 is 0 Å². The second kappa shape index (κ2) is 4.12. The first-order chi connectivity index (χ1) is 7.95. The van der Waals surface area contributed by atoms with E-state index in [1.807, 2.05) is 0 Å². The Bertz CT molecular complexity index is 519. The Hall–Kier alpha value is -1.98. The molecular formula is C11H9F3N2O. The van der Waals surface area contributed by atoms with E-state index in [0.29, 0.717) is 0 Å². The van der Waals surface area contributed by atoms with Crippen molar-refractivity contribution in [3.05, 3.63) is 41.7 Å². The molecule has 0 spiro atoms. The molecule has 0 radical (unpaired) electrons. The lowest BCUT2D eigenvalue weighted by atomic mass is 10.2. The van der Waals surface area contributed by atoms with Crippen molar-refractivity contribution >= 4 is 0 Å². The van der Waals surface area contributed by atoms with Crippen LogP contribution in [0.4, 0.5) is 13.2 Å². The number of H-pyrrole nitrogens is 1. The molecule has 0 amide bonds. The number of aryl methyl sites for hydroxylation is 1. The number of rotatable bonds is 2. The summed E-state index contributed by atoms with van der Waals surface area (Å²) in [5.74, 6) is 0.0918. The lowest BCUT2D eigenvalue weighted by Gasteiger charge is -2.08. The third-order valence-electron chi connectivity index (χ3n) is 2.06. The van der Waals surface area contributed by atoms with Crippen LogP contribution in [0.1, 0.15) is 11.3 Å². The van der Waals surface area contributed by atoms with Crippen molar-refractivity contribution in [3.8, 4) is 11.8 Å². The van der Waals surface area contributed by atoms with E-state index in [1.165, 1.54) is 18.3 Å².